The molecule has 0 radical (unpaired) electrons. The summed E-state index contributed by atoms with van der Waals surface area (Å²) in [5.74, 6) is 1.23. The highest BCUT2D eigenvalue weighted by Crippen LogP contribution is 2.32. The lowest BCUT2D eigenvalue weighted by Gasteiger charge is -2.32. The zero-order chi connectivity index (χ0) is 18.1. The summed E-state index contributed by atoms with van der Waals surface area (Å²) < 4.78 is 1.87. The number of aromatic nitrogens is 3. The molecule has 2 aromatic rings. The van der Waals surface area contributed by atoms with Crippen molar-refractivity contribution in [2.45, 2.75) is 45.1 Å². The maximum absolute atomic E-state index is 12.7. The van der Waals surface area contributed by atoms with E-state index in [1.54, 1.807) is 6.20 Å². The number of piperidine rings is 1. The van der Waals surface area contributed by atoms with Gasteiger partial charge >= 0.3 is 0 Å². The molecule has 1 saturated carbocycles. The Bertz CT molecular complexity index is 772. The van der Waals surface area contributed by atoms with Gasteiger partial charge in [0.05, 0.1) is 11.7 Å². The fraction of sp³-hybridized carbons (Fsp3) is 0.579. The van der Waals surface area contributed by atoms with Gasteiger partial charge in [-0.1, -0.05) is 6.92 Å². The zero-order valence-corrected chi connectivity index (χ0v) is 15.1. The van der Waals surface area contributed by atoms with Crippen LogP contribution in [0.3, 0.4) is 0 Å². The third-order valence-electron chi connectivity index (χ3n) is 5.44. The largest absolute Gasteiger partial charge is 0.347 e. The van der Waals surface area contributed by atoms with Crippen LogP contribution < -0.4 is 5.32 Å². The summed E-state index contributed by atoms with van der Waals surface area (Å²) in [6.45, 7) is 3.43. The monoisotopic (exact) mass is 355 g/mol. The summed E-state index contributed by atoms with van der Waals surface area (Å²) in [5.41, 5.74) is 0.834. The lowest BCUT2D eigenvalue weighted by atomic mass is 9.95. The Balaban J connectivity index is 1.36. The molecule has 0 spiro atoms. The number of hydrogen-bond acceptors (Lipinski definition) is 4. The predicted octanol–water partition coefficient (Wildman–Crippen LogP) is 1.95. The van der Waals surface area contributed by atoms with Crippen LogP contribution in [0.5, 0.6) is 0 Å². The maximum Gasteiger partial charge on any atom is 0.233 e. The molecule has 0 unspecified atom stereocenters. The molecule has 1 saturated heterocycles. The first kappa shape index (κ1) is 17.0. The lowest BCUT2D eigenvalue weighted by Crippen LogP contribution is -2.44. The number of nitrogens with one attached hydrogen (secondary N) is 1. The van der Waals surface area contributed by atoms with E-state index >= 15 is 0 Å². The van der Waals surface area contributed by atoms with Gasteiger partial charge in [0.1, 0.15) is 0 Å². The first-order valence-corrected chi connectivity index (χ1v) is 9.54. The summed E-state index contributed by atoms with van der Waals surface area (Å²) in [6, 6.07) is 1.74. The maximum atomic E-state index is 12.7. The number of likely N-dealkylation sites (tertiary alicyclic amines) is 1. The Hall–Kier alpha value is -2.44. The van der Waals surface area contributed by atoms with Crippen molar-refractivity contribution in [1.82, 2.24) is 24.6 Å². The van der Waals surface area contributed by atoms with E-state index in [0.717, 1.165) is 37.8 Å². The molecule has 7 nitrogen and oxygen atoms in total. The van der Waals surface area contributed by atoms with Crippen molar-refractivity contribution in [3.63, 3.8) is 0 Å². The molecule has 138 valence electrons. The van der Waals surface area contributed by atoms with E-state index in [9.17, 15) is 9.59 Å². The summed E-state index contributed by atoms with van der Waals surface area (Å²) in [7, 11) is 0. The number of carbonyl (C=O) groups is 2. The smallest absolute Gasteiger partial charge is 0.233 e. The number of carbonyl (C=O) groups excluding carboxylic acids is 2. The molecule has 2 fully saturated rings. The second kappa shape index (κ2) is 7.05. The van der Waals surface area contributed by atoms with Crippen LogP contribution in [0.4, 0.5) is 0 Å². The molecular weight excluding hydrogens is 330 g/mol. The summed E-state index contributed by atoms with van der Waals surface area (Å²) in [4.78, 5) is 35.6. The van der Waals surface area contributed by atoms with Crippen LogP contribution in [-0.4, -0.2) is 44.2 Å². The Morgan fingerprint density at radius 1 is 1.23 bits per heavy atom. The number of hydrogen-bond donors (Lipinski definition) is 1. The average Bonchev–Trinajstić information content (AvgIpc) is 3.44. The highest BCUT2D eigenvalue weighted by atomic mass is 16.2. The zero-order valence-electron chi connectivity index (χ0n) is 15.1. The molecule has 4 rings (SSSR count). The van der Waals surface area contributed by atoms with Crippen LogP contribution in [-0.2, 0) is 9.59 Å². The van der Waals surface area contributed by atoms with Crippen LogP contribution in [0.25, 0.3) is 5.78 Å². The van der Waals surface area contributed by atoms with Gasteiger partial charge in [0.15, 0.2) is 0 Å². The predicted molar refractivity (Wildman–Crippen MR) is 96.2 cm³/mol. The third kappa shape index (κ3) is 3.43. The average molecular weight is 355 g/mol. The molecular formula is C19H25N5O2. The van der Waals surface area contributed by atoms with Gasteiger partial charge in [0.2, 0.25) is 17.6 Å². The quantitative estimate of drug-likeness (QED) is 0.889. The van der Waals surface area contributed by atoms with E-state index in [4.69, 9.17) is 0 Å². The van der Waals surface area contributed by atoms with Crippen molar-refractivity contribution >= 4 is 17.6 Å². The standard InChI is InChI=1S/C19H25N5O2/c1-2-15(16-12-24-9-3-8-20-19(24)22-16)21-17(25)13-6-10-23(11-7-13)18(26)14-4-5-14/h3,8-9,12-15H,2,4-7,10-11H2,1H3,(H,21,25)/t15-/m1/s1. The molecule has 26 heavy (non-hydrogen) atoms. The number of nitrogens with zero attached hydrogens (tertiary/aromatic N) is 4. The molecule has 1 aliphatic carbocycles. The fourth-order valence-electron chi connectivity index (χ4n) is 3.64. The van der Waals surface area contributed by atoms with Crippen molar-refractivity contribution < 1.29 is 9.59 Å². The molecule has 2 amide bonds. The van der Waals surface area contributed by atoms with Crippen LogP contribution >= 0.6 is 0 Å². The van der Waals surface area contributed by atoms with E-state index in [2.05, 4.69) is 15.3 Å². The second-order valence-electron chi connectivity index (χ2n) is 7.34. The lowest BCUT2D eigenvalue weighted by molar-refractivity contribution is -0.136. The Kier molecular flexibility index (Phi) is 4.61. The normalized spacial score (nSPS) is 19.5. The van der Waals surface area contributed by atoms with Crippen LogP contribution in [0.1, 0.15) is 50.8 Å². The minimum absolute atomic E-state index is 0.0255. The van der Waals surface area contributed by atoms with Crippen LogP contribution in [0.15, 0.2) is 24.7 Å². The molecule has 1 aliphatic heterocycles. The van der Waals surface area contributed by atoms with Crippen molar-refractivity contribution in [3.8, 4) is 0 Å². The van der Waals surface area contributed by atoms with Gasteiger partial charge < -0.3 is 10.2 Å². The fourth-order valence-corrected chi connectivity index (χ4v) is 3.64. The highest BCUT2D eigenvalue weighted by molar-refractivity contribution is 5.82. The minimum atomic E-state index is -0.115. The van der Waals surface area contributed by atoms with Gasteiger partial charge in [0, 0.05) is 43.5 Å². The number of amides is 2. The molecule has 2 aromatic heterocycles. The Morgan fingerprint density at radius 2 is 2.00 bits per heavy atom. The Labute approximate surface area is 152 Å². The Morgan fingerprint density at radius 3 is 2.65 bits per heavy atom. The van der Waals surface area contributed by atoms with E-state index in [1.165, 1.54) is 0 Å². The molecule has 0 aromatic carbocycles. The van der Waals surface area contributed by atoms with Gasteiger partial charge in [-0.3, -0.25) is 14.0 Å². The second-order valence-corrected chi connectivity index (χ2v) is 7.34. The van der Waals surface area contributed by atoms with Crippen molar-refractivity contribution in [2.24, 2.45) is 11.8 Å². The molecule has 1 atom stereocenters. The molecule has 3 heterocycles. The first-order valence-electron chi connectivity index (χ1n) is 9.54. The van der Waals surface area contributed by atoms with E-state index in [0.29, 0.717) is 18.9 Å². The van der Waals surface area contributed by atoms with Gasteiger partial charge in [-0.25, -0.2) is 9.97 Å². The van der Waals surface area contributed by atoms with Gasteiger partial charge in [0.25, 0.3) is 0 Å². The molecule has 2 aliphatic rings. The molecule has 1 N–H and O–H groups in total. The number of fused-ring (bicyclic) bond motifs is 1. The molecule has 0 bridgehead atoms. The third-order valence-corrected chi connectivity index (χ3v) is 5.44. The van der Waals surface area contributed by atoms with Gasteiger partial charge in [-0.15, -0.1) is 0 Å². The van der Waals surface area contributed by atoms with Gasteiger partial charge in [-0.2, -0.15) is 0 Å². The highest BCUT2D eigenvalue weighted by Gasteiger charge is 2.36. The van der Waals surface area contributed by atoms with E-state index < -0.39 is 0 Å². The summed E-state index contributed by atoms with van der Waals surface area (Å²) >= 11 is 0. The first-order chi connectivity index (χ1) is 12.7. The summed E-state index contributed by atoms with van der Waals surface area (Å²) in [6.07, 6.45) is 9.86. The molecule has 7 heteroatoms. The van der Waals surface area contributed by atoms with E-state index in [-0.39, 0.29) is 29.7 Å². The topological polar surface area (TPSA) is 79.6 Å². The SMILES string of the molecule is CC[C@@H](NC(=O)C1CCN(C(=O)C2CC2)CC1)c1cn2cccnc2n1. The van der Waals surface area contributed by atoms with Crippen molar-refractivity contribution in [2.75, 3.05) is 13.1 Å². The van der Waals surface area contributed by atoms with Crippen molar-refractivity contribution in [1.29, 1.82) is 0 Å². The van der Waals surface area contributed by atoms with Crippen LogP contribution in [0.2, 0.25) is 0 Å². The minimum Gasteiger partial charge on any atom is -0.347 e. The number of rotatable bonds is 5. The summed E-state index contributed by atoms with van der Waals surface area (Å²) in [5, 5.41) is 3.15. The number of imidazole rings is 1. The van der Waals surface area contributed by atoms with Crippen LogP contribution in [0, 0.1) is 11.8 Å². The van der Waals surface area contributed by atoms with Gasteiger partial charge in [-0.05, 0) is 38.2 Å². The van der Waals surface area contributed by atoms with Crippen molar-refractivity contribution in [3.05, 3.63) is 30.4 Å². The van der Waals surface area contributed by atoms with E-state index in [1.807, 2.05) is 34.7 Å².